The van der Waals surface area contributed by atoms with Gasteiger partial charge < -0.3 is 9.84 Å². The average Bonchev–Trinajstić information content (AvgIpc) is 3.24. The van der Waals surface area contributed by atoms with E-state index in [4.69, 9.17) is 4.74 Å². The van der Waals surface area contributed by atoms with Crippen molar-refractivity contribution in [3.8, 4) is 0 Å². The molecule has 6 nitrogen and oxygen atoms in total. The van der Waals surface area contributed by atoms with Gasteiger partial charge in [0.15, 0.2) is 22.8 Å². The fourth-order valence-electron chi connectivity index (χ4n) is 9.83. The van der Waals surface area contributed by atoms with Gasteiger partial charge in [-0.2, -0.15) is 0 Å². The highest BCUT2D eigenvalue weighted by molar-refractivity contribution is 8.14. The number of aliphatic hydroxyl groups is 1. The van der Waals surface area contributed by atoms with Gasteiger partial charge in [-0.05, 0) is 74.8 Å². The third-order valence-electron chi connectivity index (χ3n) is 12.2. The van der Waals surface area contributed by atoms with E-state index < -0.39 is 104 Å². The second kappa shape index (κ2) is 12.0. The van der Waals surface area contributed by atoms with Crippen molar-refractivity contribution < 1.29 is 46.6 Å². The number of Topliss-reactive ketones (excluding diaryl/α,β-unsaturated/α-hetero) is 1. The van der Waals surface area contributed by atoms with Crippen LogP contribution in [-0.2, 0) is 19.1 Å². The van der Waals surface area contributed by atoms with Gasteiger partial charge in [-0.1, -0.05) is 50.9 Å². The van der Waals surface area contributed by atoms with Gasteiger partial charge in [0, 0.05) is 28.7 Å². The summed E-state index contributed by atoms with van der Waals surface area (Å²) in [4.78, 5) is 53.6. The van der Waals surface area contributed by atoms with Crippen LogP contribution < -0.4 is 0 Å². The fourth-order valence-corrected chi connectivity index (χ4v) is 10.9. The minimum Gasteiger partial charge on any atom is -0.449 e. The van der Waals surface area contributed by atoms with E-state index in [9.17, 15) is 33.1 Å². The van der Waals surface area contributed by atoms with Crippen LogP contribution in [0.25, 0.3) is 0 Å². The Morgan fingerprint density at radius 1 is 1.06 bits per heavy atom. The highest BCUT2D eigenvalue weighted by atomic mass is 32.2. The number of hydrogen-bond donors (Lipinski definition) is 1. The SMILES string of the molecule is C[C@@H]1C[C@H]2[C@@H]3C[C@H](F)C4=CC(=O)C=C[C@]4(C)[C@@]3(F)[C@@H](O)C[C@]2(C)[C@@]1(OC(=O)C1CCCCC1)C(=O)SCC(=O)c1ccc(F)cc1F. The molecule has 254 valence electrons. The van der Waals surface area contributed by atoms with Gasteiger partial charge in [0.25, 0.3) is 0 Å². The fraction of sp³-hybridized carbons (Fsp3) is 0.611. The number of esters is 1. The van der Waals surface area contributed by atoms with Crippen molar-refractivity contribution in [3.05, 3.63) is 59.2 Å². The largest absolute Gasteiger partial charge is 0.449 e. The Balaban J connectivity index is 1.39. The zero-order valence-electron chi connectivity index (χ0n) is 26.7. The minimum absolute atomic E-state index is 0.0226. The van der Waals surface area contributed by atoms with Crippen LogP contribution in [0.2, 0.25) is 0 Å². The molecule has 0 aliphatic heterocycles. The highest BCUT2D eigenvalue weighted by Gasteiger charge is 2.78. The van der Waals surface area contributed by atoms with Gasteiger partial charge in [0.1, 0.15) is 17.8 Å². The van der Waals surface area contributed by atoms with Crippen molar-refractivity contribution in [2.24, 2.45) is 34.5 Å². The molecule has 11 heteroatoms. The van der Waals surface area contributed by atoms with Crippen LogP contribution in [0.15, 0.2) is 42.0 Å². The Kier molecular flexibility index (Phi) is 8.68. The first-order valence-electron chi connectivity index (χ1n) is 16.4. The molecular formula is C36H40F4O6S. The van der Waals surface area contributed by atoms with Crippen LogP contribution in [-0.4, -0.2) is 57.1 Å². The molecule has 0 radical (unpaired) electrons. The molecule has 9 atom stereocenters. The van der Waals surface area contributed by atoms with E-state index in [1.165, 1.54) is 19.1 Å². The smallest absolute Gasteiger partial charge is 0.309 e. The summed E-state index contributed by atoms with van der Waals surface area (Å²) in [6.45, 7) is 4.88. The normalized spacial score (nSPS) is 39.8. The molecule has 5 aliphatic rings. The molecule has 1 aromatic carbocycles. The first-order chi connectivity index (χ1) is 22.1. The Bertz CT molecular complexity index is 1570. The van der Waals surface area contributed by atoms with Crippen LogP contribution in [0.1, 0.15) is 82.5 Å². The van der Waals surface area contributed by atoms with Crippen LogP contribution >= 0.6 is 11.8 Å². The first kappa shape index (κ1) is 34.1. The van der Waals surface area contributed by atoms with E-state index in [1.54, 1.807) is 13.8 Å². The van der Waals surface area contributed by atoms with Crippen molar-refractivity contribution in [1.82, 2.24) is 0 Å². The van der Waals surface area contributed by atoms with E-state index >= 15 is 8.78 Å². The predicted octanol–water partition coefficient (Wildman–Crippen LogP) is 6.83. The van der Waals surface area contributed by atoms with Crippen molar-refractivity contribution in [1.29, 1.82) is 0 Å². The standard InChI is InChI=1S/C36H40F4O6S/c1-19-13-24-25-16-28(39)26-15-22(41)11-12-33(26,2)35(25,40)30(43)17-34(24,3)36(19,46-31(44)20-7-5-4-6-8-20)32(45)47-18-29(42)23-10-9-21(37)14-27(23)38/h9-12,14-15,19-20,24-25,28,30,43H,4-8,13,16-18H2,1-3H3/t19-,24+,25+,28+,30+,33+,34+,35+,36+/m1/s1. The number of carbonyl (C=O) groups is 4. The van der Waals surface area contributed by atoms with Gasteiger partial charge in [0.2, 0.25) is 5.12 Å². The Morgan fingerprint density at radius 2 is 1.77 bits per heavy atom. The number of ether oxygens (including phenoxy) is 1. The average molecular weight is 677 g/mol. The van der Waals surface area contributed by atoms with Gasteiger partial charge in [-0.3, -0.25) is 19.2 Å². The predicted molar refractivity (Wildman–Crippen MR) is 167 cm³/mol. The van der Waals surface area contributed by atoms with Crippen LogP contribution in [0.5, 0.6) is 0 Å². The molecule has 0 bridgehead atoms. The summed E-state index contributed by atoms with van der Waals surface area (Å²) in [6, 6.07) is 2.51. The maximum atomic E-state index is 17.8. The lowest BCUT2D eigenvalue weighted by atomic mass is 9.44. The van der Waals surface area contributed by atoms with E-state index in [2.05, 4.69) is 0 Å². The third-order valence-corrected chi connectivity index (χ3v) is 13.2. The zero-order chi connectivity index (χ0) is 34.1. The molecule has 5 aliphatic carbocycles. The quantitative estimate of drug-likeness (QED) is 0.200. The lowest BCUT2D eigenvalue weighted by molar-refractivity contribution is -0.230. The maximum absolute atomic E-state index is 17.8. The third kappa shape index (κ3) is 4.99. The van der Waals surface area contributed by atoms with Crippen LogP contribution in [0.4, 0.5) is 17.6 Å². The number of carbonyl (C=O) groups excluding carboxylic acids is 4. The van der Waals surface area contributed by atoms with E-state index in [1.807, 2.05) is 0 Å². The number of halogens is 4. The molecule has 1 aromatic rings. The number of allylic oxidation sites excluding steroid dienone is 4. The van der Waals surface area contributed by atoms with Gasteiger partial charge in [-0.25, -0.2) is 17.6 Å². The molecule has 0 aromatic heterocycles. The number of benzene rings is 1. The summed E-state index contributed by atoms with van der Waals surface area (Å²) in [5, 5.41) is 11.1. The lowest BCUT2D eigenvalue weighted by Gasteiger charge is -2.63. The molecule has 47 heavy (non-hydrogen) atoms. The van der Waals surface area contributed by atoms with Crippen LogP contribution in [0, 0.1) is 46.1 Å². The molecule has 0 spiro atoms. The van der Waals surface area contributed by atoms with Crippen LogP contribution in [0.3, 0.4) is 0 Å². The number of fused-ring (bicyclic) bond motifs is 5. The number of hydrogen-bond acceptors (Lipinski definition) is 7. The van der Waals surface area contributed by atoms with E-state index in [-0.39, 0.29) is 24.8 Å². The highest BCUT2D eigenvalue weighted by Crippen LogP contribution is 2.72. The maximum Gasteiger partial charge on any atom is 0.309 e. The molecule has 0 unspecified atom stereocenters. The first-order valence-corrected chi connectivity index (χ1v) is 17.4. The molecule has 4 fully saturated rings. The second-order valence-electron chi connectivity index (χ2n) is 14.6. The summed E-state index contributed by atoms with van der Waals surface area (Å²) < 4.78 is 68.0. The molecule has 1 N–H and O–H groups in total. The summed E-state index contributed by atoms with van der Waals surface area (Å²) in [6.07, 6.45) is 3.52. The number of alkyl halides is 2. The number of rotatable bonds is 6. The van der Waals surface area contributed by atoms with Gasteiger partial charge in [-0.15, -0.1) is 0 Å². The number of thioether (sulfide) groups is 1. The van der Waals surface area contributed by atoms with Crippen molar-refractivity contribution in [2.75, 3.05) is 5.75 Å². The van der Waals surface area contributed by atoms with E-state index in [0.29, 0.717) is 30.7 Å². The molecular weight excluding hydrogens is 636 g/mol. The monoisotopic (exact) mass is 676 g/mol. The number of aliphatic hydroxyl groups excluding tert-OH is 1. The minimum atomic E-state index is -2.39. The lowest BCUT2D eigenvalue weighted by Crippen LogP contribution is -2.70. The molecule has 0 saturated heterocycles. The summed E-state index contributed by atoms with van der Waals surface area (Å²) in [5.41, 5.74) is -7.71. The summed E-state index contributed by atoms with van der Waals surface area (Å²) in [5.74, 6) is -7.26. The Hall–Kier alpha value is -2.79. The Morgan fingerprint density at radius 3 is 2.45 bits per heavy atom. The topological polar surface area (TPSA) is 97.7 Å². The van der Waals surface area contributed by atoms with E-state index in [0.717, 1.165) is 37.5 Å². The van der Waals surface area contributed by atoms with Crippen molar-refractivity contribution in [3.63, 3.8) is 0 Å². The van der Waals surface area contributed by atoms with Gasteiger partial charge in [0.05, 0.1) is 23.3 Å². The summed E-state index contributed by atoms with van der Waals surface area (Å²) in [7, 11) is 0. The molecule has 6 rings (SSSR count). The second-order valence-corrected chi connectivity index (χ2v) is 15.6. The van der Waals surface area contributed by atoms with Gasteiger partial charge >= 0.3 is 5.97 Å². The number of ketones is 2. The molecule has 4 saturated carbocycles. The Labute approximate surface area is 275 Å². The van der Waals surface area contributed by atoms with Crippen molar-refractivity contribution >= 4 is 34.4 Å². The molecule has 0 heterocycles. The summed E-state index contributed by atoms with van der Waals surface area (Å²) >= 11 is 0.550. The zero-order valence-corrected chi connectivity index (χ0v) is 27.5. The molecule has 0 amide bonds. The van der Waals surface area contributed by atoms with Crippen molar-refractivity contribution in [2.45, 2.75) is 95.7 Å².